The molecule has 0 bridgehead atoms. The molecule has 0 aliphatic carbocycles. The number of nitrogens with one attached hydrogen (secondary N) is 1. The molecule has 0 amide bonds. The van der Waals surface area contributed by atoms with Crippen LogP contribution in [0, 0.1) is 19.7 Å². The van der Waals surface area contributed by atoms with Crippen molar-refractivity contribution >= 4 is 10.0 Å². The van der Waals surface area contributed by atoms with Crippen LogP contribution in [0.2, 0.25) is 0 Å². The van der Waals surface area contributed by atoms with Crippen molar-refractivity contribution in [2.75, 3.05) is 0 Å². The van der Waals surface area contributed by atoms with Gasteiger partial charge in [0, 0.05) is 0 Å². The zero-order valence-corrected chi connectivity index (χ0v) is 15.4. The van der Waals surface area contributed by atoms with Gasteiger partial charge in [-0.3, -0.25) is 0 Å². The molecule has 0 aromatic heterocycles. The highest BCUT2D eigenvalue weighted by molar-refractivity contribution is 7.89. The highest BCUT2D eigenvalue weighted by Gasteiger charge is 2.23. The van der Waals surface area contributed by atoms with Gasteiger partial charge in [0.2, 0.25) is 10.0 Å². The smallest absolute Gasteiger partial charge is 0.207 e. The van der Waals surface area contributed by atoms with E-state index in [1.807, 2.05) is 61.5 Å². The van der Waals surface area contributed by atoms with E-state index < -0.39 is 21.9 Å². The molecule has 0 aliphatic heterocycles. The number of aryl methyl sites for hydroxylation is 2. The highest BCUT2D eigenvalue weighted by Crippen LogP contribution is 2.25. The molecule has 0 fully saturated rings. The third-order valence-electron chi connectivity index (χ3n) is 4.22. The van der Waals surface area contributed by atoms with Gasteiger partial charge >= 0.3 is 0 Å². The van der Waals surface area contributed by atoms with Gasteiger partial charge < -0.3 is 0 Å². The van der Waals surface area contributed by atoms with Crippen LogP contribution in [-0.2, 0) is 10.0 Å². The molecular formula is C21H20FNO2S. The van der Waals surface area contributed by atoms with Gasteiger partial charge in [-0.1, -0.05) is 60.2 Å². The van der Waals surface area contributed by atoms with Gasteiger partial charge in [0.05, 0.1) is 10.9 Å². The van der Waals surface area contributed by atoms with E-state index >= 15 is 0 Å². The van der Waals surface area contributed by atoms with Gasteiger partial charge in [0.25, 0.3) is 0 Å². The largest absolute Gasteiger partial charge is 0.241 e. The van der Waals surface area contributed by atoms with E-state index in [1.165, 1.54) is 18.2 Å². The topological polar surface area (TPSA) is 46.2 Å². The van der Waals surface area contributed by atoms with Crippen LogP contribution in [-0.4, -0.2) is 8.42 Å². The summed E-state index contributed by atoms with van der Waals surface area (Å²) in [5.74, 6) is -0.428. The van der Waals surface area contributed by atoms with Gasteiger partial charge in [0.15, 0.2) is 0 Å². The van der Waals surface area contributed by atoms with Crippen molar-refractivity contribution < 1.29 is 12.8 Å². The molecule has 0 unspecified atom stereocenters. The van der Waals surface area contributed by atoms with Crippen LogP contribution < -0.4 is 4.72 Å². The molecule has 5 heteroatoms. The Balaban J connectivity index is 2.04. The summed E-state index contributed by atoms with van der Waals surface area (Å²) in [6.45, 7) is 3.51. The normalized spacial score (nSPS) is 12.7. The summed E-state index contributed by atoms with van der Waals surface area (Å²) < 4.78 is 42.1. The molecule has 3 nitrogen and oxygen atoms in total. The first-order valence-corrected chi connectivity index (χ1v) is 9.75. The Labute approximate surface area is 153 Å². The molecule has 1 atom stereocenters. The van der Waals surface area contributed by atoms with Crippen molar-refractivity contribution in [3.8, 4) is 0 Å². The molecule has 0 spiro atoms. The third-order valence-corrected chi connectivity index (χ3v) is 5.64. The van der Waals surface area contributed by atoms with E-state index in [1.54, 1.807) is 6.92 Å². The molecular weight excluding hydrogens is 349 g/mol. The van der Waals surface area contributed by atoms with Crippen LogP contribution in [0.1, 0.15) is 28.3 Å². The van der Waals surface area contributed by atoms with Crippen molar-refractivity contribution in [1.82, 2.24) is 4.72 Å². The minimum atomic E-state index is -3.82. The van der Waals surface area contributed by atoms with Crippen molar-refractivity contribution in [2.24, 2.45) is 0 Å². The Hall–Kier alpha value is -2.50. The Bertz CT molecular complexity index is 1020. The Morgan fingerprint density at radius 3 is 2.19 bits per heavy atom. The van der Waals surface area contributed by atoms with Crippen LogP contribution in [0.15, 0.2) is 77.7 Å². The van der Waals surface area contributed by atoms with Crippen molar-refractivity contribution in [2.45, 2.75) is 24.8 Å². The Morgan fingerprint density at radius 2 is 1.54 bits per heavy atom. The average Bonchev–Trinajstić information content (AvgIpc) is 2.62. The second kappa shape index (κ2) is 7.40. The molecule has 1 N–H and O–H groups in total. The lowest BCUT2D eigenvalue weighted by Crippen LogP contribution is -2.29. The number of hydrogen-bond acceptors (Lipinski definition) is 2. The van der Waals surface area contributed by atoms with E-state index in [2.05, 4.69) is 4.72 Å². The molecule has 3 rings (SSSR count). The summed E-state index contributed by atoms with van der Waals surface area (Å²) in [6, 6.07) is 20.4. The minimum Gasteiger partial charge on any atom is -0.207 e. The maximum absolute atomic E-state index is 13.5. The molecule has 3 aromatic carbocycles. The van der Waals surface area contributed by atoms with Gasteiger partial charge in [-0.2, -0.15) is 4.72 Å². The standard InChI is InChI=1S/C21H20FNO2S/c1-15-7-6-10-18(13-15)21(17-8-4-3-5-9-17)23-26(24,25)19-11-12-20(22)16(2)14-19/h3-14,21,23H,1-2H3/t21-/m1/s1. The first-order chi connectivity index (χ1) is 12.4. The summed E-state index contributed by atoms with van der Waals surface area (Å²) in [5, 5.41) is 0. The summed E-state index contributed by atoms with van der Waals surface area (Å²) in [5.41, 5.74) is 3.01. The Morgan fingerprint density at radius 1 is 0.846 bits per heavy atom. The Kier molecular flexibility index (Phi) is 5.20. The lowest BCUT2D eigenvalue weighted by atomic mass is 9.98. The predicted molar refractivity (Wildman–Crippen MR) is 101 cm³/mol. The number of hydrogen-bond donors (Lipinski definition) is 1. The lowest BCUT2D eigenvalue weighted by molar-refractivity contribution is 0.571. The lowest BCUT2D eigenvalue weighted by Gasteiger charge is -2.20. The first-order valence-electron chi connectivity index (χ1n) is 8.27. The van der Waals surface area contributed by atoms with Gasteiger partial charge in [0.1, 0.15) is 5.82 Å². The molecule has 3 aromatic rings. The van der Waals surface area contributed by atoms with Crippen LogP contribution in [0.25, 0.3) is 0 Å². The fourth-order valence-corrected chi connectivity index (χ4v) is 4.13. The van der Waals surface area contributed by atoms with Crippen molar-refractivity contribution in [3.63, 3.8) is 0 Å². The third kappa shape index (κ3) is 4.00. The van der Waals surface area contributed by atoms with E-state index in [0.717, 1.165) is 16.7 Å². The van der Waals surface area contributed by atoms with E-state index in [0.29, 0.717) is 5.56 Å². The van der Waals surface area contributed by atoms with E-state index in [-0.39, 0.29) is 4.90 Å². The fourth-order valence-electron chi connectivity index (χ4n) is 2.83. The van der Waals surface area contributed by atoms with Crippen molar-refractivity contribution in [3.05, 3.63) is 101 Å². The average molecular weight is 369 g/mol. The number of rotatable bonds is 5. The number of benzene rings is 3. The quantitative estimate of drug-likeness (QED) is 0.719. The second-order valence-electron chi connectivity index (χ2n) is 6.29. The molecule has 0 aliphatic rings. The predicted octanol–water partition coefficient (Wildman–Crippen LogP) is 4.51. The monoisotopic (exact) mass is 369 g/mol. The number of sulfonamides is 1. The fraction of sp³-hybridized carbons (Fsp3) is 0.143. The summed E-state index contributed by atoms with van der Waals surface area (Å²) in [6.07, 6.45) is 0. The zero-order chi connectivity index (χ0) is 18.7. The SMILES string of the molecule is Cc1cccc([C@H](NS(=O)(=O)c2ccc(F)c(C)c2)c2ccccc2)c1. The van der Waals surface area contributed by atoms with Gasteiger partial charge in [-0.15, -0.1) is 0 Å². The van der Waals surface area contributed by atoms with Gasteiger partial charge in [-0.25, -0.2) is 12.8 Å². The molecule has 134 valence electrons. The molecule has 0 saturated heterocycles. The van der Waals surface area contributed by atoms with E-state index in [9.17, 15) is 12.8 Å². The molecule has 0 saturated carbocycles. The van der Waals surface area contributed by atoms with Crippen molar-refractivity contribution in [1.29, 1.82) is 0 Å². The van der Waals surface area contributed by atoms with Crippen LogP contribution in [0.4, 0.5) is 4.39 Å². The maximum atomic E-state index is 13.5. The van der Waals surface area contributed by atoms with Crippen LogP contribution in [0.5, 0.6) is 0 Å². The van der Waals surface area contributed by atoms with Crippen LogP contribution in [0.3, 0.4) is 0 Å². The molecule has 26 heavy (non-hydrogen) atoms. The number of halogens is 1. The first kappa shape index (κ1) is 18.3. The summed E-state index contributed by atoms with van der Waals surface area (Å²) in [4.78, 5) is 0.0463. The second-order valence-corrected chi connectivity index (χ2v) is 8.00. The molecule has 0 radical (unpaired) electrons. The summed E-state index contributed by atoms with van der Waals surface area (Å²) >= 11 is 0. The highest BCUT2D eigenvalue weighted by atomic mass is 32.2. The zero-order valence-electron chi connectivity index (χ0n) is 14.6. The summed E-state index contributed by atoms with van der Waals surface area (Å²) in [7, 11) is -3.82. The van der Waals surface area contributed by atoms with E-state index in [4.69, 9.17) is 0 Å². The molecule has 0 heterocycles. The van der Waals surface area contributed by atoms with Gasteiger partial charge in [-0.05, 0) is 48.7 Å². The van der Waals surface area contributed by atoms with Crippen LogP contribution >= 0.6 is 0 Å². The maximum Gasteiger partial charge on any atom is 0.241 e. The minimum absolute atomic E-state index is 0.0463.